The molecule has 1 aliphatic heterocycles. The van der Waals surface area contributed by atoms with Crippen LogP contribution in [0.4, 0.5) is 5.69 Å². The number of fused-ring (bicyclic) bond motifs is 1. The van der Waals surface area contributed by atoms with Crippen LogP contribution in [0.15, 0.2) is 34.1 Å². The van der Waals surface area contributed by atoms with Crippen molar-refractivity contribution in [2.75, 3.05) is 11.9 Å². The average Bonchev–Trinajstić information content (AvgIpc) is 2.97. The molecule has 1 aromatic carbocycles. The maximum absolute atomic E-state index is 3.49. The summed E-state index contributed by atoms with van der Waals surface area (Å²) in [6.07, 6.45) is 1.16. The van der Waals surface area contributed by atoms with Gasteiger partial charge in [-0.3, -0.25) is 0 Å². The lowest BCUT2D eigenvalue weighted by Crippen LogP contribution is -2.11. The van der Waals surface area contributed by atoms with Crippen molar-refractivity contribution in [2.45, 2.75) is 19.5 Å². The van der Waals surface area contributed by atoms with Crippen LogP contribution in [0.5, 0.6) is 0 Å². The predicted molar refractivity (Wildman–Crippen MR) is 81.2 cm³/mol. The lowest BCUT2D eigenvalue weighted by atomic mass is 10.1. The Bertz CT molecular complexity index is 550. The summed E-state index contributed by atoms with van der Waals surface area (Å²) in [7, 11) is 0. The van der Waals surface area contributed by atoms with Gasteiger partial charge in [0.15, 0.2) is 0 Å². The molecular weight excluding hydrogens is 308 g/mol. The molecule has 94 valence electrons. The molecule has 0 fully saturated rings. The SMILES string of the molecule is Brc1ccc(CNCc2ccc3c(c2)NCC3)s1. The van der Waals surface area contributed by atoms with Gasteiger partial charge in [0.1, 0.15) is 0 Å². The van der Waals surface area contributed by atoms with Crippen molar-refractivity contribution in [1.29, 1.82) is 0 Å². The highest BCUT2D eigenvalue weighted by Gasteiger charge is 2.09. The van der Waals surface area contributed by atoms with Gasteiger partial charge in [0.05, 0.1) is 3.79 Å². The molecule has 4 heteroatoms. The largest absolute Gasteiger partial charge is 0.384 e. The van der Waals surface area contributed by atoms with Gasteiger partial charge in [-0.05, 0) is 51.7 Å². The molecule has 18 heavy (non-hydrogen) atoms. The Hall–Kier alpha value is -0.840. The zero-order valence-corrected chi connectivity index (χ0v) is 12.4. The Morgan fingerprint density at radius 3 is 3.00 bits per heavy atom. The summed E-state index contributed by atoms with van der Waals surface area (Å²) in [5.41, 5.74) is 4.10. The van der Waals surface area contributed by atoms with Crippen molar-refractivity contribution in [3.05, 3.63) is 50.1 Å². The van der Waals surface area contributed by atoms with Gasteiger partial charge in [-0.2, -0.15) is 0 Å². The molecule has 0 saturated heterocycles. The third-order valence-electron chi connectivity index (χ3n) is 3.14. The molecule has 0 amide bonds. The van der Waals surface area contributed by atoms with Gasteiger partial charge in [0, 0.05) is 30.2 Å². The van der Waals surface area contributed by atoms with Crippen LogP contribution in [-0.4, -0.2) is 6.54 Å². The van der Waals surface area contributed by atoms with E-state index in [9.17, 15) is 0 Å². The van der Waals surface area contributed by atoms with Crippen molar-refractivity contribution in [1.82, 2.24) is 5.32 Å². The summed E-state index contributed by atoms with van der Waals surface area (Å²) in [5.74, 6) is 0. The zero-order chi connectivity index (χ0) is 12.4. The standard InChI is InChI=1S/C14H15BrN2S/c15-14-4-3-12(18-14)9-16-8-10-1-2-11-5-6-17-13(11)7-10/h1-4,7,16-17H,5-6,8-9H2. The van der Waals surface area contributed by atoms with Crippen molar-refractivity contribution in [3.8, 4) is 0 Å². The van der Waals surface area contributed by atoms with Crippen LogP contribution in [0.25, 0.3) is 0 Å². The third kappa shape index (κ3) is 2.76. The van der Waals surface area contributed by atoms with Gasteiger partial charge in [0.25, 0.3) is 0 Å². The maximum atomic E-state index is 3.49. The number of hydrogen-bond acceptors (Lipinski definition) is 3. The number of hydrogen-bond donors (Lipinski definition) is 2. The summed E-state index contributed by atoms with van der Waals surface area (Å²) in [6, 6.07) is 11.0. The highest BCUT2D eigenvalue weighted by Crippen LogP contribution is 2.24. The van der Waals surface area contributed by atoms with E-state index in [0.29, 0.717) is 0 Å². The van der Waals surface area contributed by atoms with Crippen molar-refractivity contribution in [3.63, 3.8) is 0 Å². The number of rotatable bonds is 4. The lowest BCUT2D eigenvalue weighted by molar-refractivity contribution is 0.701. The zero-order valence-electron chi connectivity index (χ0n) is 10.0. The molecule has 0 aliphatic carbocycles. The van der Waals surface area contributed by atoms with Crippen LogP contribution < -0.4 is 10.6 Å². The number of anilines is 1. The third-order valence-corrected chi connectivity index (χ3v) is 4.76. The lowest BCUT2D eigenvalue weighted by Gasteiger charge is -2.06. The van der Waals surface area contributed by atoms with E-state index in [1.54, 1.807) is 11.3 Å². The molecule has 0 radical (unpaired) electrons. The van der Waals surface area contributed by atoms with Crippen LogP contribution in [0.1, 0.15) is 16.0 Å². The first-order valence-electron chi connectivity index (χ1n) is 6.12. The van der Waals surface area contributed by atoms with Crippen LogP contribution in [-0.2, 0) is 19.5 Å². The number of nitrogens with one attached hydrogen (secondary N) is 2. The monoisotopic (exact) mass is 322 g/mol. The minimum atomic E-state index is 0.921. The van der Waals surface area contributed by atoms with Crippen LogP contribution in [0, 0.1) is 0 Å². The first kappa shape index (κ1) is 12.2. The fraction of sp³-hybridized carbons (Fsp3) is 0.286. The highest BCUT2D eigenvalue weighted by molar-refractivity contribution is 9.11. The van der Waals surface area contributed by atoms with Gasteiger partial charge in [0.2, 0.25) is 0 Å². The summed E-state index contributed by atoms with van der Waals surface area (Å²) < 4.78 is 1.20. The molecule has 1 aromatic heterocycles. The van der Waals surface area contributed by atoms with Crippen molar-refractivity contribution < 1.29 is 0 Å². The van der Waals surface area contributed by atoms with Crippen molar-refractivity contribution >= 4 is 33.0 Å². The molecule has 0 bridgehead atoms. The second kappa shape index (κ2) is 5.43. The fourth-order valence-corrected chi connectivity index (χ4v) is 3.68. The Labute approximate surface area is 120 Å². The minimum absolute atomic E-state index is 0.921. The van der Waals surface area contributed by atoms with Gasteiger partial charge >= 0.3 is 0 Å². The second-order valence-corrected chi connectivity index (χ2v) is 7.03. The van der Waals surface area contributed by atoms with Crippen LogP contribution in [0.3, 0.4) is 0 Å². The molecule has 0 atom stereocenters. The molecule has 2 nitrogen and oxygen atoms in total. The summed E-state index contributed by atoms with van der Waals surface area (Å²) in [4.78, 5) is 1.36. The predicted octanol–water partition coefficient (Wildman–Crippen LogP) is 3.77. The first-order valence-corrected chi connectivity index (χ1v) is 7.73. The molecule has 3 rings (SSSR count). The second-order valence-electron chi connectivity index (χ2n) is 4.48. The van der Waals surface area contributed by atoms with Crippen molar-refractivity contribution in [2.24, 2.45) is 0 Å². The number of thiophene rings is 1. The first-order chi connectivity index (χ1) is 8.81. The van der Waals surface area contributed by atoms with E-state index in [0.717, 1.165) is 26.1 Å². The van der Waals surface area contributed by atoms with E-state index in [2.05, 4.69) is 56.9 Å². The Morgan fingerprint density at radius 2 is 2.17 bits per heavy atom. The van der Waals surface area contributed by atoms with E-state index in [1.807, 2.05) is 0 Å². The molecule has 2 aromatic rings. The smallest absolute Gasteiger partial charge is 0.0701 e. The summed E-state index contributed by atoms with van der Waals surface area (Å²) in [5, 5.41) is 6.90. The maximum Gasteiger partial charge on any atom is 0.0701 e. The molecule has 0 saturated carbocycles. The quantitative estimate of drug-likeness (QED) is 0.895. The molecular formula is C14H15BrN2S. The summed E-state index contributed by atoms with van der Waals surface area (Å²) >= 11 is 5.27. The average molecular weight is 323 g/mol. The van der Waals surface area contributed by atoms with E-state index in [-0.39, 0.29) is 0 Å². The van der Waals surface area contributed by atoms with E-state index < -0.39 is 0 Å². The van der Waals surface area contributed by atoms with Gasteiger partial charge < -0.3 is 10.6 Å². The topological polar surface area (TPSA) is 24.1 Å². The van der Waals surface area contributed by atoms with Gasteiger partial charge in [-0.25, -0.2) is 0 Å². The Kier molecular flexibility index (Phi) is 3.68. The summed E-state index contributed by atoms with van der Waals surface area (Å²) in [6.45, 7) is 2.93. The van der Waals surface area contributed by atoms with E-state index in [4.69, 9.17) is 0 Å². The Balaban J connectivity index is 1.57. The highest BCUT2D eigenvalue weighted by atomic mass is 79.9. The van der Waals surface area contributed by atoms with Crippen LogP contribution >= 0.6 is 27.3 Å². The van der Waals surface area contributed by atoms with Gasteiger partial charge in [-0.15, -0.1) is 11.3 Å². The minimum Gasteiger partial charge on any atom is -0.384 e. The molecule has 2 N–H and O–H groups in total. The molecule has 1 aliphatic rings. The van der Waals surface area contributed by atoms with E-state index >= 15 is 0 Å². The van der Waals surface area contributed by atoms with E-state index in [1.165, 1.54) is 25.5 Å². The van der Waals surface area contributed by atoms with Crippen LogP contribution in [0.2, 0.25) is 0 Å². The molecule has 0 spiro atoms. The normalized spacial score (nSPS) is 13.4. The number of halogens is 1. The molecule has 2 heterocycles. The van der Waals surface area contributed by atoms with Gasteiger partial charge in [-0.1, -0.05) is 12.1 Å². The fourth-order valence-electron chi connectivity index (χ4n) is 2.22. The Morgan fingerprint density at radius 1 is 1.22 bits per heavy atom. The molecule has 0 unspecified atom stereocenters. The number of benzene rings is 1.